The fraction of sp³-hybridized carbons (Fsp3) is 0.294. The van der Waals surface area contributed by atoms with Crippen molar-refractivity contribution in [2.24, 2.45) is 0 Å². The molecule has 0 aliphatic rings. The highest BCUT2D eigenvalue weighted by molar-refractivity contribution is 8.00. The summed E-state index contributed by atoms with van der Waals surface area (Å²) in [7, 11) is 0. The lowest BCUT2D eigenvalue weighted by atomic mass is 10.3. The van der Waals surface area contributed by atoms with Gasteiger partial charge >= 0.3 is 0 Å². The zero-order chi connectivity index (χ0) is 18.3. The molecule has 140 valence electrons. The fourth-order valence-corrected chi connectivity index (χ4v) is 5.50. The summed E-state index contributed by atoms with van der Waals surface area (Å²) in [6.07, 6.45) is 2.69. The van der Waals surface area contributed by atoms with Crippen LogP contribution >= 0.6 is 46.2 Å². The Labute approximate surface area is 173 Å². The maximum absolute atomic E-state index is 4.55. The largest absolute Gasteiger partial charge is 0.262 e. The van der Waals surface area contributed by atoms with Crippen LogP contribution < -0.4 is 0 Å². The summed E-state index contributed by atoms with van der Waals surface area (Å²) in [6.45, 7) is 0. The molecule has 4 aromatic heterocycles. The number of nitrogens with one attached hydrogen (secondary N) is 2. The standard InChI is InChI=1S/C17H18N6S4/c1-4-12(24-6-1)10-14-18-16(22-20-14)26-8-3-9-27-17-19-15(21-23-17)11-13-5-2-7-25-13/h1-2,4-7H,3,8-11H2,(H,18,20,22)(H,19,21,23). The Hall–Kier alpha value is -1.62. The maximum atomic E-state index is 4.55. The average molecular weight is 435 g/mol. The highest BCUT2D eigenvalue weighted by Gasteiger charge is 2.07. The molecule has 27 heavy (non-hydrogen) atoms. The maximum Gasteiger partial charge on any atom is 0.208 e. The van der Waals surface area contributed by atoms with Crippen molar-refractivity contribution in [3.63, 3.8) is 0 Å². The van der Waals surface area contributed by atoms with Crippen molar-refractivity contribution in [3.8, 4) is 0 Å². The molecule has 0 amide bonds. The summed E-state index contributed by atoms with van der Waals surface area (Å²) >= 11 is 6.85. The van der Waals surface area contributed by atoms with Crippen molar-refractivity contribution in [2.45, 2.75) is 29.6 Å². The van der Waals surface area contributed by atoms with Crippen LogP contribution in [0.4, 0.5) is 0 Å². The summed E-state index contributed by atoms with van der Waals surface area (Å²) in [5.74, 6) is 3.81. The number of thioether (sulfide) groups is 2. The van der Waals surface area contributed by atoms with Gasteiger partial charge in [-0.05, 0) is 29.3 Å². The number of thiophene rings is 2. The third-order valence-electron chi connectivity index (χ3n) is 3.62. The summed E-state index contributed by atoms with van der Waals surface area (Å²) in [5.41, 5.74) is 0. The molecule has 0 aliphatic heterocycles. The molecule has 0 fully saturated rings. The zero-order valence-corrected chi connectivity index (χ0v) is 17.7. The Kier molecular flexibility index (Phi) is 6.62. The van der Waals surface area contributed by atoms with Crippen LogP contribution in [-0.2, 0) is 12.8 Å². The zero-order valence-electron chi connectivity index (χ0n) is 14.4. The lowest BCUT2D eigenvalue weighted by Gasteiger charge is -1.96. The number of H-pyrrole nitrogens is 2. The van der Waals surface area contributed by atoms with E-state index in [4.69, 9.17) is 0 Å². The van der Waals surface area contributed by atoms with Gasteiger partial charge < -0.3 is 0 Å². The van der Waals surface area contributed by atoms with Gasteiger partial charge in [0, 0.05) is 34.1 Å². The van der Waals surface area contributed by atoms with Crippen LogP contribution in [0.15, 0.2) is 45.3 Å². The SMILES string of the molecule is c1csc(Cc2nc(SCCCSc3n[nH]c(Cc4cccs4)n3)n[nH]2)c1. The molecule has 4 rings (SSSR count). The van der Waals surface area contributed by atoms with Gasteiger partial charge in [-0.2, -0.15) is 0 Å². The van der Waals surface area contributed by atoms with Crippen LogP contribution in [0.5, 0.6) is 0 Å². The Balaban J connectivity index is 1.15. The third kappa shape index (κ3) is 5.68. The lowest BCUT2D eigenvalue weighted by molar-refractivity contribution is 0.954. The van der Waals surface area contributed by atoms with Crippen molar-refractivity contribution in [1.29, 1.82) is 0 Å². The van der Waals surface area contributed by atoms with E-state index < -0.39 is 0 Å². The number of nitrogens with zero attached hydrogens (tertiary/aromatic N) is 4. The molecular formula is C17H18N6S4. The predicted molar refractivity (Wildman–Crippen MR) is 113 cm³/mol. The monoisotopic (exact) mass is 434 g/mol. The van der Waals surface area contributed by atoms with Gasteiger partial charge in [0.05, 0.1) is 0 Å². The Bertz CT molecular complexity index is 852. The van der Waals surface area contributed by atoms with Gasteiger partial charge in [-0.1, -0.05) is 35.7 Å². The van der Waals surface area contributed by atoms with Gasteiger partial charge in [0.15, 0.2) is 0 Å². The van der Waals surface area contributed by atoms with E-state index in [0.29, 0.717) is 0 Å². The minimum Gasteiger partial charge on any atom is -0.262 e. The number of rotatable bonds is 10. The smallest absolute Gasteiger partial charge is 0.208 e. The molecule has 0 saturated heterocycles. The van der Waals surface area contributed by atoms with E-state index in [1.54, 1.807) is 46.2 Å². The predicted octanol–water partition coefficient (Wildman–Crippen LogP) is 4.50. The summed E-state index contributed by atoms with van der Waals surface area (Å²) in [6, 6.07) is 8.35. The van der Waals surface area contributed by atoms with Crippen molar-refractivity contribution in [1.82, 2.24) is 30.4 Å². The Morgan fingerprint density at radius 1 is 0.778 bits per heavy atom. The van der Waals surface area contributed by atoms with Crippen molar-refractivity contribution in [3.05, 3.63) is 56.4 Å². The van der Waals surface area contributed by atoms with Crippen LogP contribution in [-0.4, -0.2) is 41.9 Å². The first-order valence-corrected chi connectivity index (χ1v) is 12.2. The van der Waals surface area contributed by atoms with Crippen LogP contribution in [0.1, 0.15) is 27.8 Å². The molecule has 0 saturated carbocycles. The van der Waals surface area contributed by atoms with Gasteiger partial charge in [0.2, 0.25) is 10.3 Å². The minimum absolute atomic E-state index is 0.819. The quantitative estimate of drug-likeness (QED) is 0.282. The number of hydrogen-bond donors (Lipinski definition) is 2. The van der Waals surface area contributed by atoms with Crippen LogP contribution in [0.2, 0.25) is 0 Å². The molecule has 0 atom stereocenters. The minimum atomic E-state index is 0.819. The number of aromatic amines is 2. The van der Waals surface area contributed by atoms with E-state index in [-0.39, 0.29) is 0 Å². The lowest BCUT2D eigenvalue weighted by Crippen LogP contribution is -1.88. The molecule has 0 radical (unpaired) electrons. The summed E-state index contributed by atoms with van der Waals surface area (Å²) in [5, 5.41) is 20.4. The molecule has 4 aromatic rings. The molecule has 0 unspecified atom stereocenters. The van der Waals surface area contributed by atoms with Crippen molar-refractivity contribution < 1.29 is 0 Å². The fourth-order valence-electron chi connectivity index (χ4n) is 2.39. The second kappa shape index (κ2) is 9.54. The first-order valence-electron chi connectivity index (χ1n) is 8.48. The van der Waals surface area contributed by atoms with Gasteiger partial charge in [-0.3, -0.25) is 10.2 Å². The molecule has 0 bridgehead atoms. The van der Waals surface area contributed by atoms with E-state index in [9.17, 15) is 0 Å². The number of hydrogen-bond acceptors (Lipinski definition) is 8. The molecule has 6 nitrogen and oxygen atoms in total. The first-order chi connectivity index (χ1) is 13.3. The van der Waals surface area contributed by atoms with E-state index in [1.165, 1.54) is 9.75 Å². The molecule has 10 heteroatoms. The van der Waals surface area contributed by atoms with E-state index in [1.807, 2.05) is 0 Å². The van der Waals surface area contributed by atoms with E-state index >= 15 is 0 Å². The van der Waals surface area contributed by atoms with Gasteiger partial charge in [0.1, 0.15) is 11.6 Å². The molecule has 4 heterocycles. The normalized spacial score (nSPS) is 11.3. The summed E-state index contributed by atoms with van der Waals surface area (Å²) in [4.78, 5) is 11.7. The molecule has 0 spiro atoms. The van der Waals surface area contributed by atoms with E-state index in [0.717, 1.165) is 52.7 Å². The second-order valence-electron chi connectivity index (χ2n) is 5.69. The van der Waals surface area contributed by atoms with Crippen LogP contribution in [0.3, 0.4) is 0 Å². The van der Waals surface area contributed by atoms with E-state index in [2.05, 4.69) is 65.4 Å². The highest BCUT2D eigenvalue weighted by Crippen LogP contribution is 2.20. The molecular weight excluding hydrogens is 416 g/mol. The highest BCUT2D eigenvalue weighted by atomic mass is 32.2. The van der Waals surface area contributed by atoms with Gasteiger partial charge in [0.25, 0.3) is 0 Å². The average Bonchev–Trinajstić information content (AvgIpc) is 3.44. The third-order valence-corrected chi connectivity index (χ3v) is 7.24. The molecule has 0 aromatic carbocycles. The molecule has 2 N–H and O–H groups in total. The van der Waals surface area contributed by atoms with Gasteiger partial charge in [-0.15, -0.1) is 32.9 Å². The number of aromatic nitrogens is 6. The van der Waals surface area contributed by atoms with Crippen LogP contribution in [0.25, 0.3) is 0 Å². The van der Waals surface area contributed by atoms with Gasteiger partial charge in [-0.25, -0.2) is 9.97 Å². The van der Waals surface area contributed by atoms with Crippen LogP contribution in [0, 0.1) is 0 Å². The first kappa shape index (κ1) is 18.7. The summed E-state index contributed by atoms with van der Waals surface area (Å²) < 4.78 is 0. The topological polar surface area (TPSA) is 83.1 Å². The molecule has 0 aliphatic carbocycles. The van der Waals surface area contributed by atoms with Crippen molar-refractivity contribution >= 4 is 46.2 Å². The van der Waals surface area contributed by atoms with Crippen molar-refractivity contribution in [2.75, 3.05) is 11.5 Å². The second-order valence-corrected chi connectivity index (χ2v) is 9.88. The Morgan fingerprint density at radius 3 is 1.74 bits per heavy atom. The Morgan fingerprint density at radius 2 is 1.30 bits per heavy atom.